The van der Waals surface area contributed by atoms with Crippen molar-refractivity contribution < 1.29 is 14.7 Å². The quantitative estimate of drug-likeness (QED) is 0.852. The van der Waals surface area contributed by atoms with Gasteiger partial charge in [0, 0.05) is 12.6 Å². The Morgan fingerprint density at radius 2 is 2.00 bits per heavy atom. The number of hydrogen-bond donors (Lipinski definition) is 2. The van der Waals surface area contributed by atoms with Crippen molar-refractivity contribution in [2.45, 2.75) is 45.6 Å². The predicted octanol–water partition coefficient (Wildman–Crippen LogP) is 3.14. The van der Waals surface area contributed by atoms with E-state index in [1.807, 2.05) is 38.1 Å². The van der Waals surface area contributed by atoms with E-state index in [9.17, 15) is 14.7 Å². The number of carboxylic acid groups (broad SMARTS) is 1. The molecule has 0 fully saturated rings. The van der Waals surface area contributed by atoms with Crippen LogP contribution >= 0.6 is 0 Å². The van der Waals surface area contributed by atoms with Gasteiger partial charge in [0.05, 0.1) is 11.9 Å². The van der Waals surface area contributed by atoms with E-state index in [4.69, 9.17) is 0 Å². The summed E-state index contributed by atoms with van der Waals surface area (Å²) in [5, 5.41) is 16.0. The average Bonchev–Trinajstić information content (AvgIpc) is 2.96. The molecule has 0 saturated carbocycles. The first-order valence-electron chi connectivity index (χ1n) is 7.85. The van der Waals surface area contributed by atoms with Crippen molar-refractivity contribution in [3.8, 4) is 0 Å². The van der Waals surface area contributed by atoms with Crippen molar-refractivity contribution in [2.24, 2.45) is 0 Å². The first kappa shape index (κ1) is 17.7. The number of anilines is 1. The lowest BCUT2D eigenvalue weighted by Crippen LogP contribution is -2.35. The number of carbonyl (C=O) groups excluding carboxylic acids is 1. The van der Waals surface area contributed by atoms with Gasteiger partial charge in [-0.15, -0.1) is 0 Å². The Bertz CT molecular complexity index is 749. The van der Waals surface area contributed by atoms with Crippen LogP contribution in [0.25, 0.3) is 0 Å². The van der Waals surface area contributed by atoms with Crippen LogP contribution in [0.5, 0.6) is 0 Å². The number of aliphatic carboxylic acids is 1. The minimum Gasteiger partial charge on any atom is -0.479 e. The monoisotopic (exact) mass is 329 g/mol. The molecule has 2 rings (SSSR count). The first-order chi connectivity index (χ1) is 11.2. The number of aromatic nitrogens is 2. The maximum atomic E-state index is 12.2. The van der Waals surface area contributed by atoms with Crippen LogP contribution in [0.3, 0.4) is 0 Å². The lowest BCUT2D eigenvalue weighted by atomic mass is 9.93. The standard InChI is InChI=1S/C18H23N3O3/c1-12-7-5-6-8-15(12)13(2)9-16(22)20-14-10-19-21(11-14)18(3,4)17(23)24/h5-8,10-11,13H,9H2,1-4H3,(H,20,22)(H,23,24). The van der Waals surface area contributed by atoms with Gasteiger partial charge in [-0.2, -0.15) is 5.10 Å². The van der Waals surface area contributed by atoms with Gasteiger partial charge >= 0.3 is 5.97 Å². The Morgan fingerprint density at radius 1 is 1.33 bits per heavy atom. The van der Waals surface area contributed by atoms with Crippen LogP contribution in [-0.4, -0.2) is 26.8 Å². The molecule has 1 aromatic carbocycles. The molecule has 2 N–H and O–H groups in total. The second kappa shape index (κ2) is 6.86. The summed E-state index contributed by atoms with van der Waals surface area (Å²) in [6.07, 6.45) is 3.34. The zero-order valence-electron chi connectivity index (χ0n) is 14.4. The van der Waals surface area contributed by atoms with Gasteiger partial charge in [-0.1, -0.05) is 31.2 Å². The molecule has 0 spiro atoms. The van der Waals surface area contributed by atoms with Crippen molar-refractivity contribution in [1.29, 1.82) is 0 Å². The Hall–Kier alpha value is -2.63. The lowest BCUT2D eigenvalue weighted by molar-refractivity contribution is -0.146. The van der Waals surface area contributed by atoms with E-state index < -0.39 is 11.5 Å². The van der Waals surface area contributed by atoms with E-state index in [0.717, 1.165) is 11.1 Å². The molecule has 0 radical (unpaired) electrons. The number of amides is 1. The lowest BCUT2D eigenvalue weighted by Gasteiger charge is -2.19. The summed E-state index contributed by atoms with van der Waals surface area (Å²) in [6.45, 7) is 7.14. The maximum absolute atomic E-state index is 12.2. The summed E-state index contributed by atoms with van der Waals surface area (Å²) in [7, 11) is 0. The molecule has 0 aliphatic rings. The minimum atomic E-state index is -1.17. The number of hydrogen-bond acceptors (Lipinski definition) is 3. The molecule has 0 aliphatic carbocycles. The van der Waals surface area contributed by atoms with E-state index in [0.29, 0.717) is 12.1 Å². The Balaban J connectivity index is 2.02. The third-order valence-corrected chi connectivity index (χ3v) is 4.17. The fraction of sp³-hybridized carbons (Fsp3) is 0.389. The highest BCUT2D eigenvalue weighted by atomic mass is 16.4. The zero-order chi connectivity index (χ0) is 17.9. The molecule has 0 aliphatic heterocycles. The molecule has 1 heterocycles. The third-order valence-electron chi connectivity index (χ3n) is 4.17. The van der Waals surface area contributed by atoms with Crippen LogP contribution in [0, 0.1) is 6.92 Å². The summed E-state index contributed by atoms with van der Waals surface area (Å²) in [6, 6.07) is 8.00. The minimum absolute atomic E-state index is 0.0942. The largest absolute Gasteiger partial charge is 0.479 e. The number of nitrogens with zero attached hydrogens (tertiary/aromatic N) is 2. The molecule has 1 amide bonds. The van der Waals surface area contributed by atoms with Gasteiger partial charge < -0.3 is 10.4 Å². The molecule has 0 bridgehead atoms. The Labute approximate surface area is 141 Å². The van der Waals surface area contributed by atoms with E-state index in [1.54, 1.807) is 13.8 Å². The molecule has 2 aromatic rings. The Morgan fingerprint density at radius 3 is 2.62 bits per heavy atom. The summed E-state index contributed by atoms with van der Waals surface area (Å²) >= 11 is 0. The fourth-order valence-corrected chi connectivity index (χ4v) is 2.53. The number of aryl methyl sites for hydroxylation is 1. The molecule has 24 heavy (non-hydrogen) atoms. The van der Waals surface area contributed by atoms with Crippen molar-refractivity contribution in [3.05, 3.63) is 47.8 Å². The number of carboxylic acids is 1. The highest BCUT2D eigenvalue weighted by Crippen LogP contribution is 2.23. The normalized spacial score (nSPS) is 12.7. The smallest absolute Gasteiger partial charge is 0.331 e. The van der Waals surface area contributed by atoms with E-state index in [-0.39, 0.29) is 11.8 Å². The van der Waals surface area contributed by atoms with Crippen LogP contribution in [0.15, 0.2) is 36.7 Å². The van der Waals surface area contributed by atoms with E-state index in [2.05, 4.69) is 10.4 Å². The van der Waals surface area contributed by atoms with E-state index >= 15 is 0 Å². The number of nitrogens with one attached hydrogen (secondary N) is 1. The molecule has 1 atom stereocenters. The first-order valence-corrected chi connectivity index (χ1v) is 7.85. The van der Waals surface area contributed by atoms with Crippen LogP contribution in [0.1, 0.15) is 44.2 Å². The van der Waals surface area contributed by atoms with Crippen LogP contribution in [0.4, 0.5) is 5.69 Å². The molecule has 1 aromatic heterocycles. The van der Waals surface area contributed by atoms with Crippen LogP contribution in [0.2, 0.25) is 0 Å². The van der Waals surface area contributed by atoms with Crippen molar-refractivity contribution in [2.75, 3.05) is 5.32 Å². The molecule has 6 heteroatoms. The fourth-order valence-electron chi connectivity index (χ4n) is 2.53. The summed E-state index contributed by atoms with van der Waals surface area (Å²) in [4.78, 5) is 23.5. The second-order valence-corrected chi connectivity index (χ2v) is 6.55. The molecule has 6 nitrogen and oxygen atoms in total. The van der Waals surface area contributed by atoms with Crippen molar-refractivity contribution in [3.63, 3.8) is 0 Å². The van der Waals surface area contributed by atoms with E-state index in [1.165, 1.54) is 17.1 Å². The van der Waals surface area contributed by atoms with Crippen molar-refractivity contribution in [1.82, 2.24) is 9.78 Å². The SMILES string of the molecule is Cc1ccccc1C(C)CC(=O)Nc1cnn(C(C)(C)C(=O)O)c1. The highest BCUT2D eigenvalue weighted by molar-refractivity contribution is 5.91. The number of carbonyl (C=O) groups is 2. The average molecular weight is 329 g/mol. The molecule has 0 saturated heterocycles. The maximum Gasteiger partial charge on any atom is 0.331 e. The highest BCUT2D eigenvalue weighted by Gasteiger charge is 2.30. The van der Waals surface area contributed by atoms with Gasteiger partial charge in [0.15, 0.2) is 5.54 Å². The van der Waals surface area contributed by atoms with Gasteiger partial charge in [0.1, 0.15) is 0 Å². The van der Waals surface area contributed by atoms with Gasteiger partial charge in [0.2, 0.25) is 5.91 Å². The zero-order valence-corrected chi connectivity index (χ0v) is 14.4. The summed E-state index contributed by atoms with van der Waals surface area (Å²) in [5.74, 6) is -1.02. The molecular formula is C18H23N3O3. The topological polar surface area (TPSA) is 84.2 Å². The van der Waals surface area contributed by atoms with Crippen molar-refractivity contribution >= 4 is 17.6 Å². The predicted molar refractivity (Wildman–Crippen MR) is 92.0 cm³/mol. The second-order valence-electron chi connectivity index (χ2n) is 6.55. The summed E-state index contributed by atoms with van der Waals surface area (Å²) in [5.41, 5.74) is 1.63. The van der Waals surface area contributed by atoms with Gasteiger partial charge in [-0.3, -0.25) is 9.48 Å². The van der Waals surface area contributed by atoms with Gasteiger partial charge in [-0.05, 0) is 37.8 Å². The molecule has 1 unspecified atom stereocenters. The number of benzene rings is 1. The number of rotatable bonds is 6. The van der Waals surface area contributed by atoms with Crippen LogP contribution in [-0.2, 0) is 15.1 Å². The van der Waals surface area contributed by atoms with Gasteiger partial charge in [-0.25, -0.2) is 4.79 Å². The Kier molecular flexibility index (Phi) is 5.07. The van der Waals surface area contributed by atoms with Gasteiger partial charge in [0.25, 0.3) is 0 Å². The third kappa shape index (κ3) is 3.82. The molecule has 128 valence electrons. The van der Waals surface area contributed by atoms with Crippen LogP contribution < -0.4 is 5.32 Å². The summed E-state index contributed by atoms with van der Waals surface area (Å²) < 4.78 is 1.33. The molecular weight excluding hydrogens is 306 g/mol.